The van der Waals surface area contributed by atoms with Crippen LogP contribution >= 0.6 is 0 Å². The summed E-state index contributed by atoms with van der Waals surface area (Å²) in [5.41, 5.74) is 2.82. The van der Waals surface area contributed by atoms with E-state index in [1.165, 1.54) is 12.5 Å². The number of H-pyrrole nitrogens is 1. The zero-order valence-electron chi connectivity index (χ0n) is 15.9. The smallest absolute Gasteiger partial charge is 0.224 e. The number of aromatic nitrogens is 5. The van der Waals surface area contributed by atoms with E-state index in [0.717, 1.165) is 54.5 Å². The molecule has 0 bridgehead atoms. The molecule has 1 spiro atoms. The maximum absolute atomic E-state index is 14.3. The van der Waals surface area contributed by atoms with Crippen LogP contribution in [0, 0.1) is 5.82 Å². The largest absolute Gasteiger partial charge is 0.375 e. The van der Waals surface area contributed by atoms with Crippen LogP contribution in [0.1, 0.15) is 32.1 Å². The molecule has 4 aromatic rings. The highest BCUT2D eigenvalue weighted by Crippen LogP contribution is 2.41. The molecule has 1 aliphatic heterocycles. The molecule has 29 heavy (non-hydrogen) atoms. The van der Waals surface area contributed by atoms with Crippen LogP contribution in [0.4, 0.5) is 10.3 Å². The SMILES string of the molecule is Fc1cc(-c2c[nH]c3nc(NC4CCC5(CCO5)CC4)ncc23)cn2ccnc12. The Hall–Kier alpha value is -3.00. The van der Waals surface area contributed by atoms with Crippen LogP contribution in [-0.2, 0) is 4.74 Å². The van der Waals surface area contributed by atoms with Crippen LogP contribution in [0.5, 0.6) is 0 Å². The minimum atomic E-state index is -0.355. The molecule has 5 heterocycles. The van der Waals surface area contributed by atoms with E-state index in [0.29, 0.717) is 17.6 Å². The van der Waals surface area contributed by atoms with Crippen LogP contribution in [-0.4, -0.2) is 42.6 Å². The van der Waals surface area contributed by atoms with Gasteiger partial charge in [-0.25, -0.2) is 14.4 Å². The first-order chi connectivity index (χ1) is 14.2. The van der Waals surface area contributed by atoms with Crippen molar-refractivity contribution >= 4 is 22.6 Å². The monoisotopic (exact) mass is 392 g/mol. The third-order valence-electron chi connectivity index (χ3n) is 6.38. The fraction of sp³-hybridized carbons (Fsp3) is 0.381. The Morgan fingerprint density at radius 3 is 2.90 bits per heavy atom. The number of fused-ring (bicyclic) bond motifs is 2. The Morgan fingerprint density at radius 2 is 2.10 bits per heavy atom. The molecule has 0 atom stereocenters. The van der Waals surface area contributed by atoms with E-state index in [4.69, 9.17) is 4.74 Å². The number of nitrogens with one attached hydrogen (secondary N) is 2. The zero-order valence-corrected chi connectivity index (χ0v) is 15.9. The molecule has 148 valence electrons. The van der Waals surface area contributed by atoms with Gasteiger partial charge in [0.2, 0.25) is 5.95 Å². The maximum Gasteiger partial charge on any atom is 0.224 e. The maximum atomic E-state index is 14.3. The fourth-order valence-electron chi connectivity index (χ4n) is 4.61. The third kappa shape index (κ3) is 2.78. The van der Waals surface area contributed by atoms with Crippen LogP contribution in [0.25, 0.3) is 27.8 Å². The Bertz CT molecular complexity index is 1200. The summed E-state index contributed by atoms with van der Waals surface area (Å²) in [6, 6.07) is 1.87. The van der Waals surface area contributed by atoms with E-state index in [9.17, 15) is 4.39 Å². The Balaban J connectivity index is 1.26. The highest BCUT2D eigenvalue weighted by atomic mass is 19.1. The van der Waals surface area contributed by atoms with Gasteiger partial charge >= 0.3 is 0 Å². The Labute approximate surface area is 166 Å². The van der Waals surface area contributed by atoms with Gasteiger partial charge in [0.15, 0.2) is 11.5 Å². The quantitative estimate of drug-likeness (QED) is 0.552. The lowest BCUT2D eigenvalue weighted by atomic mass is 9.77. The molecule has 0 radical (unpaired) electrons. The van der Waals surface area contributed by atoms with Crippen LogP contribution < -0.4 is 5.32 Å². The van der Waals surface area contributed by atoms with E-state index >= 15 is 0 Å². The van der Waals surface area contributed by atoms with E-state index in [1.54, 1.807) is 23.0 Å². The number of pyridine rings is 1. The highest BCUT2D eigenvalue weighted by molar-refractivity contribution is 5.93. The number of aromatic amines is 1. The van der Waals surface area contributed by atoms with Crippen LogP contribution in [0.2, 0.25) is 0 Å². The summed E-state index contributed by atoms with van der Waals surface area (Å²) in [7, 11) is 0. The van der Waals surface area contributed by atoms with Gasteiger partial charge in [0.25, 0.3) is 0 Å². The second-order valence-corrected chi connectivity index (χ2v) is 8.09. The molecule has 6 rings (SSSR count). The Morgan fingerprint density at radius 1 is 1.24 bits per heavy atom. The van der Waals surface area contributed by atoms with Crippen molar-refractivity contribution in [1.29, 1.82) is 0 Å². The van der Waals surface area contributed by atoms with Gasteiger partial charge in [0.05, 0.1) is 12.2 Å². The van der Waals surface area contributed by atoms with Gasteiger partial charge in [0.1, 0.15) is 5.65 Å². The van der Waals surface area contributed by atoms with E-state index in [1.807, 2.05) is 12.4 Å². The van der Waals surface area contributed by atoms with E-state index in [-0.39, 0.29) is 11.4 Å². The van der Waals surface area contributed by atoms with Gasteiger partial charge in [-0.15, -0.1) is 0 Å². The number of anilines is 1. The number of hydrogen-bond donors (Lipinski definition) is 2. The number of imidazole rings is 1. The first-order valence-corrected chi connectivity index (χ1v) is 10.1. The first-order valence-electron chi connectivity index (χ1n) is 10.1. The van der Waals surface area contributed by atoms with E-state index < -0.39 is 0 Å². The van der Waals surface area contributed by atoms with Crippen molar-refractivity contribution in [3.05, 3.63) is 42.9 Å². The van der Waals surface area contributed by atoms with Gasteiger partial charge in [-0.05, 0) is 38.2 Å². The van der Waals surface area contributed by atoms with Crippen molar-refractivity contribution in [3.8, 4) is 11.1 Å². The summed E-state index contributed by atoms with van der Waals surface area (Å²) in [5.74, 6) is 0.268. The molecule has 4 aromatic heterocycles. The minimum Gasteiger partial charge on any atom is -0.375 e. The zero-order chi connectivity index (χ0) is 19.4. The summed E-state index contributed by atoms with van der Waals surface area (Å²) < 4.78 is 21.8. The fourth-order valence-corrected chi connectivity index (χ4v) is 4.61. The second-order valence-electron chi connectivity index (χ2n) is 8.09. The molecule has 2 N–H and O–H groups in total. The topological polar surface area (TPSA) is 80.1 Å². The first kappa shape index (κ1) is 16.9. The van der Waals surface area contributed by atoms with Gasteiger partial charge in [-0.3, -0.25) is 0 Å². The normalized spacial score (nSPS) is 24.2. The standard InChI is InChI=1S/C21H21FN6O/c22-17-9-13(12-28-7-6-23-19(17)28)15-10-24-18-16(15)11-25-20(27-18)26-14-1-3-21(4-2-14)5-8-29-21/h6-7,9-12,14H,1-5,8H2,(H2,24,25,26,27). The summed E-state index contributed by atoms with van der Waals surface area (Å²) in [5, 5.41) is 4.33. The lowest BCUT2D eigenvalue weighted by molar-refractivity contribution is -0.165. The predicted molar refractivity (Wildman–Crippen MR) is 107 cm³/mol. The number of rotatable bonds is 3. The summed E-state index contributed by atoms with van der Waals surface area (Å²) >= 11 is 0. The van der Waals surface area contributed by atoms with Gasteiger partial charge in [0, 0.05) is 53.5 Å². The van der Waals surface area contributed by atoms with Crippen molar-refractivity contribution in [1.82, 2.24) is 24.3 Å². The number of halogens is 1. The predicted octanol–water partition coefficient (Wildman–Crippen LogP) is 3.93. The molecular weight excluding hydrogens is 371 g/mol. The molecule has 0 unspecified atom stereocenters. The average Bonchev–Trinajstić information content (AvgIpc) is 3.34. The molecule has 0 amide bonds. The second kappa shape index (κ2) is 6.25. The van der Waals surface area contributed by atoms with Gasteiger partial charge in [-0.2, -0.15) is 4.98 Å². The lowest BCUT2D eigenvalue weighted by Gasteiger charge is -2.46. The molecule has 8 heteroatoms. The average molecular weight is 392 g/mol. The van der Waals surface area contributed by atoms with Gasteiger partial charge < -0.3 is 19.4 Å². The van der Waals surface area contributed by atoms with Crippen molar-refractivity contribution in [2.75, 3.05) is 11.9 Å². The lowest BCUT2D eigenvalue weighted by Crippen LogP contribution is -2.48. The minimum absolute atomic E-state index is 0.156. The summed E-state index contributed by atoms with van der Waals surface area (Å²) in [6.07, 6.45) is 14.4. The molecule has 0 aromatic carbocycles. The number of hydrogen-bond acceptors (Lipinski definition) is 5. The molecule has 1 saturated heterocycles. The summed E-state index contributed by atoms with van der Waals surface area (Å²) in [6.45, 7) is 0.907. The molecular formula is C21H21FN6O. The third-order valence-corrected chi connectivity index (χ3v) is 6.38. The van der Waals surface area contributed by atoms with E-state index in [2.05, 4.69) is 25.3 Å². The summed E-state index contributed by atoms with van der Waals surface area (Å²) in [4.78, 5) is 16.4. The molecule has 1 aliphatic carbocycles. The molecule has 1 saturated carbocycles. The van der Waals surface area contributed by atoms with Crippen molar-refractivity contribution in [2.45, 2.75) is 43.7 Å². The highest BCUT2D eigenvalue weighted by Gasteiger charge is 2.41. The van der Waals surface area contributed by atoms with Crippen LogP contribution in [0.3, 0.4) is 0 Å². The molecule has 7 nitrogen and oxygen atoms in total. The number of nitrogens with zero attached hydrogens (tertiary/aromatic N) is 4. The molecule has 2 fully saturated rings. The van der Waals surface area contributed by atoms with Crippen LogP contribution in [0.15, 0.2) is 37.1 Å². The molecule has 2 aliphatic rings. The van der Waals surface area contributed by atoms with Gasteiger partial charge in [-0.1, -0.05) is 0 Å². The van der Waals surface area contributed by atoms with Crippen molar-refractivity contribution in [2.24, 2.45) is 0 Å². The number of ether oxygens (including phenoxy) is 1. The Kier molecular flexibility index (Phi) is 3.64. The van der Waals surface area contributed by atoms with Crippen molar-refractivity contribution < 1.29 is 9.13 Å². The van der Waals surface area contributed by atoms with Crippen molar-refractivity contribution in [3.63, 3.8) is 0 Å².